The summed E-state index contributed by atoms with van der Waals surface area (Å²) in [6.07, 6.45) is 4.75. The monoisotopic (exact) mass is 294 g/mol. The Morgan fingerprint density at radius 1 is 1.29 bits per heavy atom. The van der Waals surface area contributed by atoms with Gasteiger partial charge in [0.05, 0.1) is 23.8 Å². The molecular weight excluding hydrogens is 280 g/mol. The number of nitrogens with zero attached hydrogens (tertiary/aromatic N) is 2. The highest BCUT2D eigenvalue weighted by Gasteiger charge is 2.00. The fraction of sp³-hybridized carbons (Fsp3) is 0.250. The molecule has 0 aliphatic carbocycles. The summed E-state index contributed by atoms with van der Waals surface area (Å²) in [5.74, 6) is 0. The van der Waals surface area contributed by atoms with Gasteiger partial charge in [-0.05, 0) is 37.2 Å². The van der Waals surface area contributed by atoms with Crippen molar-refractivity contribution in [3.63, 3.8) is 0 Å². The summed E-state index contributed by atoms with van der Waals surface area (Å²) in [5.41, 5.74) is 7.49. The summed E-state index contributed by atoms with van der Waals surface area (Å²) >= 11 is 3.41. The van der Waals surface area contributed by atoms with E-state index in [9.17, 15) is 0 Å². The topological polar surface area (TPSA) is 55.9 Å². The van der Waals surface area contributed by atoms with Gasteiger partial charge < -0.3 is 11.1 Å². The van der Waals surface area contributed by atoms with E-state index >= 15 is 0 Å². The smallest absolute Gasteiger partial charge is 0.0731 e. The number of anilines is 1. The van der Waals surface area contributed by atoms with E-state index in [1.807, 2.05) is 41.3 Å². The van der Waals surface area contributed by atoms with E-state index in [1.54, 1.807) is 0 Å². The zero-order valence-electron chi connectivity index (χ0n) is 9.44. The van der Waals surface area contributed by atoms with E-state index in [0.717, 1.165) is 28.8 Å². The molecule has 0 spiro atoms. The Kier molecular flexibility index (Phi) is 4.17. The van der Waals surface area contributed by atoms with Gasteiger partial charge in [-0.25, -0.2) is 4.68 Å². The van der Waals surface area contributed by atoms with Crippen molar-refractivity contribution in [2.45, 2.75) is 6.42 Å². The van der Waals surface area contributed by atoms with Crippen LogP contribution in [0.2, 0.25) is 0 Å². The largest absolute Gasteiger partial charge is 0.382 e. The molecule has 2 rings (SSSR count). The van der Waals surface area contributed by atoms with Crippen molar-refractivity contribution in [2.75, 3.05) is 18.4 Å². The zero-order chi connectivity index (χ0) is 12.1. The van der Waals surface area contributed by atoms with Gasteiger partial charge in [0.1, 0.15) is 0 Å². The van der Waals surface area contributed by atoms with Gasteiger partial charge >= 0.3 is 0 Å². The van der Waals surface area contributed by atoms with Gasteiger partial charge in [-0.2, -0.15) is 5.10 Å². The third kappa shape index (κ3) is 3.31. The molecule has 17 heavy (non-hydrogen) atoms. The van der Waals surface area contributed by atoms with E-state index in [0.29, 0.717) is 6.54 Å². The van der Waals surface area contributed by atoms with Crippen molar-refractivity contribution in [1.29, 1.82) is 0 Å². The average Bonchev–Trinajstić information content (AvgIpc) is 2.79. The summed E-state index contributed by atoms with van der Waals surface area (Å²) < 4.78 is 2.91. The Morgan fingerprint density at radius 3 is 2.76 bits per heavy atom. The fourth-order valence-corrected chi connectivity index (χ4v) is 1.75. The van der Waals surface area contributed by atoms with Crippen molar-refractivity contribution in [1.82, 2.24) is 9.78 Å². The molecule has 0 fully saturated rings. The minimum absolute atomic E-state index is 0.702. The number of hydrogen-bond donors (Lipinski definition) is 2. The van der Waals surface area contributed by atoms with E-state index in [4.69, 9.17) is 5.73 Å². The first-order valence-electron chi connectivity index (χ1n) is 5.54. The maximum Gasteiger partial charge on any atom is 0.0731 e. The van der Waals surface area contributed by atoms with Gasteiger partial charge in [0.2, 0.25) is 0 Å². The highest BCUT2D eigenvalue weighted by molar-refractivity contribution is 9.10. The summed E-state index contributed by atoms with van der Waals surface area (Å²) in [6.45, 7) is 1.58. The van der Waals surface area contributed by atoms with Crippen molar-refractivity contribution in [2.24, 2.45) is 5.73 Å². The molecule has 2 aromatic rings. The molecule has 0 bridgehead atoms. The van der Waals surface area contributed by atoms with Crippen LogP contribution in [0.15, 0.2) is 41.1 Å². The second-order valence-corrected chi connectivity index (χ2v) is 4.63. The minimum atomic E-state index is 0.702. The normalized spacial score (nSPS) is 10.5. The molecule has 3 N–H and O–H groups in total. The van der Waals surface area contributed by atoms with Crippen molar-refractivity contribution < 1.29 is 0 Å². The molecule has 90 valence electrons. The Hall–Kier alpha value is -1.33. The molecule has 0 unspecified atom stereocenters. The van der Waals surface area contributed by atoms with Crippen LogP contribution in [0.3, 0.4) is 0 Å². The lowest BCUT2D eigenvalue weighted by Gasteiger charge is -2.02. The van der Waals surface area contributed by atoms with E-state index < -0.39 is 0 Å². The Bertz CT molecular complexity index is 464. The van der Waals surface area contributed by atoms with Crippen LogP contribution in [-0.2, 0) is 0 Å². The van der Waals surface area contributed by atoms with Crippen molar-refractivity contribution >= 4 is 21.6 Å². The fourth-order valence-electron chi connectivity index (χ4n) is 1.48. The lowest BCUT2D eigenvalue weighted by atomic mass is 10.3. The molecule has 5 heteroatoms. The van der Waals surface area contributed by atoms with Crippen LogP contribution in [0.5, 0.6) is 0 Å². The summed E-state index contributed by atoms with van der Waals surface area (Å²) in [6, 6.07) is 8.03. The first-order valence-corrected chi connectivity index (χ1v) is 6.33. The van der Waals surface area contributed by atoms with Gasteiger partial charge in [-0.3, -0.25) is 0 Å². The molecule has 4 nitrogen and oxygen atoms in total. The highest BCUT2D eigenvalue weighted by atomic mass is 79.9. The molecule has 1 aromatic carbocycles. The Labute approximate surface area is 109 Å². The lowest BCUT2D eigenvalue weighted by Crippen LogP contribution is -2.07. The number of rotatable bonds is 5. The van der Waals surface area contributed by atoms with Gasteiger partial charge in [-0.1, -0.05) is 15.9 Å². The quantitative estimate of drug-likeness (QED) is 0.833. The molecule has 1 heterocycles. The summed E-state index contributed by atoms with van der Waals surface area (Å²) in [5, 5.41) is 7.58. The van der Waals surface area contributed by atoms with Crippen LogP contribution in [0.4, 0.5) is 5.69 Å². The average molecular weight is 295 g/mol. The molecule has 0 atom stereocenters. The summed E-state index contributed by atoms with van der Waals surface area (Å²) in [4.78, 5) is 0. The van der Waals surface area contributed by atoms with Gasteiger partial charge in [0.15, 0.2) is 0 Å². The van der Waals surface area contributed by atoms with Crippen LogP contribution in [0.25, 0.3) is 5.69 Å². The van der Waals surface area contributed by atoms with Crippen LogP contribution in [0, 0.1) is 0 Å². The standard InChI is InChI=1S/C12H15BrN4/c13-10-2-4-12(5-3-10)17-9-11(8-16-17)15-7-1-6-14/h2-5,8-9,15H,1,6-7,14H2. The third-order valence-electron chi connectivity index (χ3n) is 2.38. The number of halogens is 1. The van der Waals surface area contributed by atoms with E-state index in [2.05, 4.69) is 26.3 Å². The van der Waals surface area contributed by atoms with Crippen molar-refractivity contribution in [3.8, 4) is 5.69 Å². The molecule has 0 saturated heterocycles. The summed E-state index contributed by atoms with van der Waals surface area (Å²) in [7, 11) is 0. The van der Waals surface area contributed by atoms with Gasteiger partial charge in [0, 0.05) is 11.0 Å². The molecule has 0 aliphatic rings. The Morgan fingerprint density at radius 2 is 2.06 bits per heavy atom. The first kappa shape index (κ1) is 12.1. The molecule has 0 aliphatic heterocycles. The van der Waals surface area contributed by atoms with Crippen LogP contribution >= 0.6 is 15.9 Å². The third-order valence-corrected chi connectivity index (χ3v) is 2.91. The lowest BCUT2D eigenvalue weighted by molar-refractivity contribution is 0.872. The minimum Gasteiger partial charge on any atom is -0.382 e. The van der Waals surface area contributed by atoms with Gasteiger partial charge in [0.25, 0.3) is 0 Å². The van der Waals surface area contributed by atoms with Crippen LogP contribution in [0.1, 0.15) is 6.42 Å². The number of benzene rings is 1. The molecular formula is C12H15BrN4. The zero-order valence-corrected chi connectivity index (χ0v) is 11.0. The van der Waals surface area contributed by atoms with Crippen LogP contribution in [-0.4, -0.2) is 22.9 Å². The number of aromatic nitrogens is 2. The predicted octanol–water partition coefficient (Wildman–Crippen LogP) is 2.40. The highest BCUT2D eigenvalue weighted by Crippen LogP contribution is 2.15. The van der Waals surface area contributed by atoms with Gasteiger partial charge in [-0.15, -0.1) is 0 Å². The maximum absolute atomic E-state index is 5.44. The molecule has 0 radical (unpaired) electrons. The second kappa shape index (κ2) is 5.84. The number of nitrogens with two attached hydrogens (primary N) is 1. The van der Waals surface area contributed by atoms with E-state index in [1.165, 1.54) is 0 Å². The number of hydrogen-bond acceptors (Lipinski definition) is 3. The Balaban J connectivity index is 2.04. The molecule has 0 amide bonds. The number of nitrogens with one attached hydrogen (secondary N) is 1. The molecule has 1 aromatic heterocycles. The second-order valence-electron chi connectivity index (χ2n) is 3.72. The maximum atomic E-state index is 5.44. The van der Waals surface area contributed by atoms with Crippen molar-refractivity contribution in [3.05, 3.63) is 41.1 Å². The van der Waals surface area contributed by atoms with E-state index in [-0.39, 0.29) is 0 Å². The van der Waals surface area contributed by atoms with Crippen LogP contribution < -0.4 is 11.1 Å². The predicted molar refractivity (Wildman–Crippen MR) is 73.4 cm³/mol. The SMILES string of the molecule is NCCCNc1cnn(-c2ccc(Br)cc2)c1. The molecule has 0 saturated carbocycles. The first-order chi connectivity index (χ1) is 8.29.